The van der Waals surface area contributed by atoms with Crippen LogP contribution in [0.25, 0.3) is 0 Å². The summed E-state index contributed by atoms with van der Waals surface area (Å²) in [6.45, 7) is 5.39. The van der Waals surface area contributed by atoms with Crippen LogP contribution in [0.5, 0.6) is 0 Å². The van der Waals surface area contributed by atoms with Crippen molar-refractivity contribution in [2.45, 2.75) is 70.1 Å². The van der Waals surface area contributed by atoms with Gasteiger partial charge in [-0.25, -0.2) is 9.59 Å². The normalized spacial score (nSPS) is 28.4. The van der Waals surface area contributed by atoms with Gasteiger partial charge in [0.15, 0.2) is 0 Å². The molecule has 6 heteroatoms. The van der Waals surface area contributed by atoms with Gasteiger partial charge in [-0.05, 0) is 38.5 Å². The molecule has 2 aliphatic rings. The van der Waals surface area contributed by atoms with Crippen LogP contribution >= 0.6 is 0 Å². The number of carboxylic acids is 1. The first kappa shape index (κ1) is 16.1. The number of hydrogen-bond acceptors (Lipinski definition) is 3. The average Bonchev–Trinajstić information content (AvgIpc) is 2.97. The van der Waals surface area contributed by atoms with E-state index >= 15 is 0 Å². The maximum Gasteiger partial charge on any atom is 0.326 e. The van der Waals surface area contributed by atoms with Gasteiger partial charge in [-0.1, -0.05) is 13.8 Å². The zero-order valence-electron chi connectivity index (χ0n) is 12.9. The number of aliphatic carboxylic acids is 1. The van der Waals surface area contributed by atoms with Crippen molar-refractivity contribution in [3.8, 4) is 0 Å². The van der Waals surface area contributed by atoms with Gasteiger partial charge in [0, 0.05) is 19.2 Å². The van der Waals surface area contributed by atoms with Crippen molar-refractivity contribution >= 4 is 12.0 Å². The van der Waals surface area contributed by atoms with E-state index in [1.165, 1.54) is 4.90 Å². The first-order chi connectivity index (χ1) is 10.0. The number of ether oxygens (including phenoxy) is 1. The summed E-state index contributed by atoms with van der Waals surface area (Å²) in [4.78, 5) is 24.9. The van der Waals surface area contributed by atoms with Crippen molar-refractivity contribution < 1.29 is 19.4 Å². The highest BCUT2D eigenvalue weighted by atomic mass is 16.5. The highest BCUT2D eigenvalue weighted by Gasteiger charge is 2.38. The third-order valence-electron chi connectivity index (χ3n) is 4.91. The van der Waals surface area contributed by atoms with Crippen LogP contribution in [0.3, 0.4) is 0 Å². The molecule has 0 aliphatic carbocycles. The van der Waals surface area contributed by atoms with Crippen LogP contribution in [0.2, 0.25) is 0 Å². The Labute approximate surface area is 125 Å². The lowest BCUT2D eigenvalue weighted by atomic mass is 9.86. The molecule has 2 fully saturated rings. The van der Waals surface area contributed by atoms with Gasteiger partial charge in [-0.2, -0.15) is 0 Å². The van der Waals surface area contributed by atoms with E-state index in [4.69, 9.17) is 9.84 Å². The summed E-state index contributed by atoms with van der Waals surface area (Å²) in [6.07, 6.45) is 4.75. The Morgan fingerprint density at radius 3 is 2.67 bits per heavy atom. The third-order valence-corrected chi connectivity index (χ3v) is 4.91. The van der Waals surface area contributed by atoms with Crippen molar-refractivity contribution in [2.75, 3.05) is 13.2 Å². The summed E-state index contributed by atoms with van der Waals surface area (Å²) in [5.74, 6) is -0.911. The monoisotopic (exact) mass is 298 g/mol. The Kier molecular flexibility index (Phi) is 5.08. The molecule has 21 heavy (non-hydrogen) atoms. The molecule has 0 aromatic rings. The van der Waals surface area contributed by atoms with E-state index in [0.717, 1.165) is 32.1 Å². The van der Waals surface area contributed by atoms with E-state index in [2.05, 4.69) is 19.2 Å². The van der Waals surface area contributed by atoms with E-state index in [1.807, 2.05) is 0 Å². The fourth-order valence-electron chi connectivity index (χ4n) is 3.42. The molecule has 2 saturated heterocycles. The fraction of sp³-hybridized carbons (Fsp3) is 0.867. The molecular formula is C15H26N2O4. The lowest BCUT2D eigenvalue weighted by Gasteiger charge is -2.40. The molecule has 0 spiro atoms. The molecule has 0 saturated carbocycles. The molecule has 2 rings (SSSR count). The number of likely N-dealkylation sites (tertiary alicyclic amines) is 1. The SMILES string of the molecule is CCC1(CC)CC(NC(=O)N2CCCC2C(=O)O)CCO1. The predicted octanol–water partition coefficient (Wildman–Crippen LogP) is 1.98. The Bertz CT molecular complexity index is 395. The average molecular weight is 298 g/mol. The van der Waals surface area contributed by atoms with Crippen LogP contribution in [0.1, 0.15) is 52.4 Å². The minimum Gasteiger partial charge on any atom is -0.480 e. The molecular weight excluding hydrogens is 272 g/mol. The van der Waals surface area contributed by atoms with Crippen molar-refractivity contribution in [3.63, 3.8) is 0 Å². The summed E-state index contributed by atoms with van der Waals surface area (Å²) in [5.41, 5.74) is -0.145. The molecule has 6 nitrogen and oxygen atoms in total. The molecule has 120 valence electrons. The number of nitrogens with one attached hydrogen (secondary N) is 1. The van der Waals surface area contributed by atoms with Gasteiger partial charge in [0.2, 0.25) is 0 Å². The number of carbonyl (C=O) groups excluding carboxylic acids is 1. The zero-order valence-corrected chi connectivity index (χ0v) is 12.9. The third kappa shape index (κ3) is 3.48. The summed E-state index contributed by atoms with van der Waals surface area (Å²) in [7, 11) is 0. The minimum atomic E-state index is -0.911. The minimum absolute atomic E-state index is 0.0706. The summed E-state index contributed by atoms with van der Waals surface area (Å²) < 4.78 is 5.90. The van der Waals surface area contributed by atoms with Crippen LogP contribution in [0.4, 0.5) is 4.79 Å². The lowest BCUT2D eigenvalue weighted by Crippen LogP contribution is -2.53. The molecule has 0 aromatic heterocycles. The quantitative estimate of drug-likeness (QED) is 0.832. The van der Waals surface area contributed by atoms with Crippen molar-refractivity contribution in [2.24, 2.45) is 0 Å². The van der Waals surface area contributed by atoms with Gasteiger partial charge < -0.3 is 20.1 Å². The number of nitrogens with zero attached hydrogens (tertiary/aromatic N) is 1. The first-order valence-electron chi connectivity index (χ1n) is 7.95. The Morgan fingerprint density at radius 1 is 1.33 bits per heavy atom. The van der Waals surface area contributed by atoms with E-state index in [1.54, 1.807) is 0 Å². The van der Waals surface area contributed by atoms with E-state index in [-0.39, 0.29) is 17.7 Å². The van der Waals surface area contributed by atoms with E-state index in [9.17, 15) is 9.59 Å². The summed E-state index contributed by atoms with van der Waals surface area (Å²) in [5, 5.41) is 12.2. The van der Waals surface area contributed by atoms with Gasteiger partial charge in [-0.3, -0.25) is 0 Å². The number of hydrogen-bond donors (Lipinski definition) is 2. The highest BCUT2D eigenvalue weighted by molar-refractivity contribution is 5.83. The van der Waals surface area contributed by atoms with Gasteiger partial charge in [0.1, 0.15) is 6.04 Å². The topological polar surface area (TPSA) is 78.9 Å². The molecule has 2 heterocycles. The van der Waals surface area contributed by atoms with Crippen LogP contribution in [0.15, 0.2) is 0 Å². The van der Waals surface area contributed by atoms with Gasteiger partial charge in [0.25, 0.3) is 0 Å². The van der Waals surface area contributed by atoms with Crippen molar-refractivity contribution in [3.05, 3.63) is 0 Å². The molecule has 2 aliphatic heterocycles. The van der Waals surface area contributed by atoms with E-state index in [0.29, 0.717) is 19.6 Å². The number of urea groups is 1. The number of carboxylic acid groups (broad SMARTS) is 1. The van der Waals surface area contributed by atoms with E-state index < -0.39 is 12.0 Å². The van der Waals surface area contributed by atoms with Crippen LogP contribution in [-0.2, 0) is 9.53 Å². The summed E-state index contributed by atoms with van der Waals surface area (Å²) >= 11 is 0. The second kappa shape index (κ2) is 6.64. The van der Waals surface area contributed by atoms with Crippen LogP contribution < -0.4 is 5.32 Å². The Hall–Kier alpha value is -1.30. The van der Waals surface area contributed by atoms with Crippen molar-refractivity contribution in [1.29, 1.82) is 0 Å². The van der Waals surface area contributed by atoms with Gasteiger partial charge in [-0.15, -0.1) is 0 Å². The first-order valence-corrected chi connectivity index (χ1v) is 7.95. The maximum atomic E-state index is 12.3. The molecule has 0 aromatic carbocycles. The maximum absolute atomic E-state index is 12.3. The largest absolute Gasteiger partial charge is 0.480 e. The predicted molar refractivity (Wildman–Crippen MR) is 78.2 cm³/mol. The zero-order chi connectivity index (χ0) is 15.5. The Balaban J connectivity index is 1.94. The fourth-order valence-corrected chi connectivity index (χ4v) is 3.42. The number of carbonyl (C=O) groups is 2. The number of rotatable bonds is 4. The molecule has 2 amide bonds. The highest BCUT2D eigenvalue weighted by Crippen LogP contribution is 2.31. The van der Waals surface area contributed by atoms with Gasteiger partial charge >= 0.3 is 12.0 Å². The Morgan fingerprint density at radius 2 is 2.05 bits per heavy atom. The number of amides is 2. The van der Waals surface area contributed by atoms with Crippen LogP contribution in [-0.4, -0.2) is 52.8 Å². The molecule has 2 N–H and O–H groups in total. The second-order valence-electron chi connectivity index (χ2n) is 6.07. The lowest BCUT2D eigenvalue weighted by molar-refractivity contribution is -0.141. The standard InChI is InChI=1S/C15H26N2O4/c1-3-15(4-2)10-11(7-9-21-15)16-14(20)17-8-5-6-12(17)13(18)19/h11-12H,3-10H2,1-2H3,(H,16,20)(H,18,19). The van der Waals surface area contributed by atoms with Crippen molar-refractivity contribution in [1.82, 2.24) is 10.2 Å². The second-order valence-corrected chi connectivity index (χ2v) is 6.07. The molecule has 2 atom stereocenters. The summed E-state index contributed by atoms with van der Waals surface area (Å²) in [6, 6.07) is -0.846. The molecule has 2 unspecified atom stereocenters. The smallest absolute Gasteiger partial charge is 0.326 e. The van der Waals surface area contributed by atoms with Gasteiger partial charge in [0.05, 0.1) is 5.60 Å². The van der Waals surface area contributed by atoms with Crippen LogP contribution in [0, 0.1) is 0 Å². The molecule has 0 bridgehead atoms. The molecule has 0 radical (unpaired) electrons.